The van der Waals surface area contributed by atoms with Gasteiger partial charge in [-0.2, -0.15) is 0 Å². The second kappa shape index (κ2) is 8.57. The Balaban J connectivity index is 1.57. The molecule has 0 spiro atoms. The van der Waals surface area contributed by atoms with Crippen molar-refractivity contribution in [2.24, 2.45) is 0 Å². The summed E-state index contributed by atoms with van der Waals surface area (Å²) >= 11 is 0. The van der Waals surface area contributed by atoms with E-state index in [2.05, 4.69) is 0 Å². The molecule has 26 heavy (non-hydrogen) atoms. The number of ether oxygens (including phenoxy) is 4. The Labute approximate surface area is 156 Å². The summed E-state index contributed by atoms with van der Waals surface area (Å²) in [5, 5.41) is 10.3. The first-order valence-corrected chi connectivity index (χ1v) is 9.36. The van der Waals surface area contributed by atoms with Gasteiger partial charge in [0.2, 0.25) is 0 Å². The van der Waals surface area contributed by atoms with Gasteiger partial charge in [0.1, 0.15) is 40.1 Å². The molecule has 1 aromatic carbocycles. The van der Waals surface area contributed by atoms with Crippen molar-refractivity contribution in [2.75, 3.05) is 6.61 Å². The molecule has 2 fully saturated rings. The van der Waals surface area contributed by atoms with E-state index in [0.29, 0.717) is 12.0 Å². The summed E-state index contributed by atoms with van der Waals surface area (Å²) in [5.74, 6) is -0.359. The van der Waals surface area contributed by atoms with Gasteiger partial charge in [0.25, 0.3) is 0 Å². The second-order valence-corrected chi connectivity index (χ2v) is 7.11. The van der Waals surface area contributed by atoms with Crippen LogP contribution in [0.2, 0.25) is 0 Å². The van der Waals surface area contributed by atoms with Gasteiger partial charge < -0.3 is 24.1 Å². The maximum Gasteiger partial charge on any atom is 0.338 e. The van der Waals surface area contributed by atoms with Gasteiger partial charge in [-0.05, 0) is 18.6 Å². The predicted octanol–water partition coefficient (Wildman–Crippen LogP) is -0.526. The van der Waals surface area contributed by atoms with Crippen LogP contribution in [0.15, 0.2) is 30.3 Å². The minimum absolute atomic E-state index is 0.0114. The van der Waals surface area contributed by atoms with E-state index in [1.807, 2.05) is 28.7 Å². The number of esters is 1. The third kappa shape index (κ3) is 4.31. The van der Waals surface area contributed by atoms with Crippen LogP contribution in [0.3, 0.4) is 0 Å². The summed E-state index contributed by atoms with van der Waals surface area (Å²) in [4.78, 5) is 12.3. The van der Waals surface area contributed by atoms with E-state index in [1.54, 1.807) is 24.3 Å². The van der Waals surface area contributed by atoms with Gasteiger partial charge in [-0.25, -0.2) is 4.79 Å². The van der Waals surface area contributed by atoms with Crippen LogP contribution >= 0.6 is 0 Å². The van der Waals surface area contributed by atoms with E-state index < -0.39 is 12.2 Å². The highest BCUT2D eigenvalue weighted by atomic mass is 16.6. The van der Waals surface area contributed by atoms with Crippen molar-refractivity contribution >= 4 is 21.7 Å². The molecule has 0 amide bonds. The first-order valence-electron chi connectivity index (χ1n) is 9.36. The lowest BCUT2D eigenvalue weighted by Crippen LogP contribution is -2.39. The Hall–Kier alpha value is -1.34. The summed E-state index contributed by atoms with van der Waals surface area (Å²) in [6.45, 7) is 2.23. The molecule has 3 rings (SSSR count). The number of hydrogen-bond acceptors (Lipinski definition) is 6. The number of benzene rings is 1. The molecule has 0 radical (unpaired) electrons. The molecule has 1 aromatic rings. The first kappa shape index (κ1) is 19.4. The van der Waals surface area contributed by atoms with E-state index in [4.69, 9.17) is 18.9 Å². The van der Waals surface area contributed by atoms with Gasteiger partial charge in [-0.15, -0.1) is 0 Å². The molecule has 0 saturated carbocycles. The fourth-order valence-corrected chi connectivity index (χ4v) is 3.67. The van der Waals surface area contributed by atoms with Crippen LogP contribution in [0.1, 0.15) is 30.1 Å². The zero-order chi connectivity index (χ0) is 18.7. The van der Waals surface area contributed by atoms with Crippen molar-refractivity contribution in [1.82, 2.24) is 0 Å². The van der Waals surface area contributed by atoms with Crippen LogP contribution in [0.5, 0.6) is 0 Å². The van der Waals surface area contributed by atoms with Crippen molar-refractivity contribution in [3.8, 4) is 0 Å². The van der Waals surface area contributed by atoms with Crippen molar-refractivity contribution in [3.05, 3.63) is 35.9 Å². The van der Waals surface area contributed by atoms with E-state index in [9.17, 15) is 9.90 Å². The smallest absolute Gasteiger partial charge is 0.338 e. The largest absolute Gasteiger partial charge is 0.456 e. The van der Waals surface area contributed by atoms with Gasteiger partial charge in [0, 0.05) is 12.4 Å². The fraction of sp³-hybridized carbons (Fsp3) is 0.611. The highest BCUT2D eigenvalue weighted by molar-refractivity contribution is 6.11. The molecule has 0 aromatic heterocycles. The van der Waals surface area contributed by atoms with Crippen molar-refractivity contribution in [2.45, 2.75) is 62.3 Å². The minimum Gasteiger partial charge on any atom is -0.456 e. The average molecular weight is 360 g/mol. The zero-order valence-corrected chi connectivity index (χ0v) is 15.5. The van der Waals surface area contributed by atoms with Crippen LogP contribution in [0, 0.1) is 0 Å². The number of aliphatic hydroxyl groups is 1. The van der Waals surface area contributed by atoms with E-state index in [1.165, 1.54) is 0 Å². The molecule has 2 heterocycles. The van der Waals surface area contributed by atoms with Gasteiger partial charge in [-0.1, -0.05) is 25.1 Å². The quantitative estimate of drug-likeness (QED) is 0.544. The summed E-state index contributed by atoms with van der Waals surface area (Å²) in [5.41, 5.74) is 0.519. The van der Waals surface area contributed by atoms with E-state index >= 15 is 0 Å². The van der Waals surface area contributed by atoms with Crippen LogP contribution in [0.4, 0.5) is 0 Å². The SMILES string of the molecule is B[C@@H]1O[C@H](CC)[C@H](O)C1OC[C@H]1O[C@@H](B)C[C@H]1OC(=O)c1ccccc1. The number of rotatable bonds is 6. The Morgan fingerprint density at radius 1 is 1.23 bits per heavy atom. The molecule has 0 bridgehead atoms. The summed E-state index contributed by atoms with van der Waals surface area (Å²) in [6, 6.07) is 8.73. The van der Waals surface area contributed by atoms with Crippen molar-refractivity contribution in [1.29, 1.82) is 0 Å². The zero-order valence-electron chi connectivity index (χ0n) is 15.5. The Bertz CT molecular complexity index is 601. The summed E-state index contributed by atoms with van der Waals surface area (Å²) in [6.07, 6.45) is -0.607. The van der Waals surface area contributed by atoms with Crippen LogP contribution in [-0.4, -0.2) is 75.9 Å². The molecule has 140 valence electrons. The topological polar surface area (TPSA) is 74.2 Å². The van der Waals surface area contributed by atoms with E-state index in [-0.39, 0.29) is 42.9 Å². The van der Waals surface area contributed by atoms with Crippen molar-refractivity contribution < 1.29 is 28.8 Å². The third-order valence-corrected chi connectivity index (χ3v) is 5.08. The Morgan fingerprint density at radius 3 is 2.62 bits per heavy atom. The maximum atomic E-state index is 12.3. The van der Waals surface area contributed by atoms with Crippen LogP contribution < -0.4 is 0 Å². The molecule has 1 N–H and O–H groups in total. The molecule has 8 heteroatoms. The average Bonchev–Trinajstić information content (AvgIpc) is 3.12. The van der Waals surface area contributed by atoms with E-state index in [0.717, 1.165) is 6.42 Å². The van der Waals surface area contributed by atoms with Gasteiger partial charge in [0.15, 0.2) is 0 Å². The number of hydrogen-bond donors (Lipinski definition) is 1. The molecule has 2 saturated heterocycles. The normalized spacial score (nSPS) is 36.9. The number of carbonyl (C=O) groups excluding carboxylic acids is 1. The number of aliphatic hydroxyl groups excluding tert-OH is 1. The van der Waals surface area contributed by atoms with Gasteiger partial charge in [-0.3, -0.25) is 0 Å². The maximum absolute atomic E-state index is 12.3. The summed E-state index contributed by atoms with van der Waals surface area (Å²) < 4.78 is 23.2. The first-order chi connectivity index (χ1) is 12.5. The number of carbonyl (C=O) groups is 1. The lowest BCUT2D eigenvalue weighted by molar-refractivity contribution is -0.0845. The summed E-state index contributed by atoms with van der Waals surface area (Å²) in [7, 11) is 3.85. The highest BCUT2D eigenvalue weighted by Crippen LogP contribution is 2.27. The molecular formula is C18H26B2O6. The second-order valence-electron chi connectivity index (χ2n) is 7.11. The Kier molecular flexibility index (Phi) is 6.40. The van der Waals surface area contributed by atoms with Gasteiger partial charge >= 0.3 is 5.97 Å². The predicted molar refractivity (Wildman–Crippen MR) is 101 cm³/mol. The fourth-order valence-electron chi connectivity index (χ4n) is 3.67. The monoisotopic (exact) mass is 360 g/mol. The molecule has 1 unspecified atom stereocenters. The van der Waals surface area contributed by atoms with Gasteiger partial charge in [0.05, 0.1) is 24.3 Å². The molecule has 0 aliphatic carbocycles. The van der Waals surface area contributed by atoms with Crippen LogP contribution in [-0.2, 0) is 18.9 Å². The molecule has 2 aliphatic heterocycles. The third-order valence-electron chi connectivity index (χ3n) is 5.08. The molecular weight excluding hydrogens is 334 g/mol. The lowest BCUT2D eigenvalue weighted by atomic mass is 9.92. The molecule has 7 atom stereocenters. The molecule has 6 nitrogen and oxygen atoms in total. The Morgan fingerprint density at radius 2 is 1.96 bits per heavy atom. The lowest BCUT2D eigenvalue weighted by Gasteiger charge is -2.24. The minimum atomic E-state index is -0.654. The standard InChI is InChI=1S/C18H26B2O6/c1-2-11-15(21)16(17(20)25-11)23-9-13-12(8-14(19)24-13)26-18(22)10-6-4-3-5-7-10/h3-7,11-17,21H,2,8-9,19-20H2,1H3/t11-,12-,13-,14-,15+,16?,17-/m1/s1. The molecule has 2 aliphatic rings. The van der Waals surface area contributed by atoms with Crippen LogP contribution in [0.25, 0.3) is 0 Å². The highest BCUT2D eigenvalue weighted by Gasteiger charge is 2.43. The van der Waals surface area contributed by atoms with Crippen molar-refractivity contribution in [3.63, 3.8) is 0 Å².